The minimum Gasteiger partial charge on any atom is -0.392 e. The van der Waals surface area contributed by atoms with Gasteiger partial charge in [-0.3, -0.25) is 0 Å². The maximum Gasteiger partial charge on any atom is 0.0644 e. The van der Waals surface area contributed by atoms with E-state index in [4.69, 9.17) is 5.11 Å². The summed E-state index contributed by atoms with van der Waals surface area (Å²) in [6, 6.07) is 0. The monoisotopic (exact) mass is 148 g/mol. The third-order valence-corrected chi connectivity index (χ3v) is 4.67. The molecule has 6 bridgehead atoms. The molecule has 5 aliphatic carbocycles. The number of rotatable bonds is 1. The van der Waals surface area contributed by atoms with Gasteiger partial charge < -0.3 is 5.11 Å². The summed E-state index contributed by atoms with van der Waals surface area (Å²) in [7, 11) is 0. The highest BCUT2D eigenvalue weighted by Gasteiger charge is 2.75. The summed E-state index contributed by atoms with van der Waals surface area (Å²) in [5.74, 6) is 5.96. The Balaban J connectivity index is 1.88. The number of allylic oxidation sites excluding steroid dienone is 1. The van der Waals surface area contributed by atoms with Gasteiger partial charge in [-0.15, -0.1) is 0 Å². The maximum atomic E-state index is 9.09. The first-order chi connectivity index (χ1) is 5.42. The third kappa shape index (κ3) is 0.365. The standard InChI is InChI=1S/C10H12O/c11-3-4-1-5-6-2-7-9(5)10(7)8(4)6/h1,5-11H,2-3H2/t5-,6-,7+,8+,9-,10-/m0/s1. The van der Waals surface area contributed by atoms with Crippen LogP contribution in [0.4, 0.5) is 0 Å². The Morgan fingerprint density at radius 1 is 1.36 bits per heavy atom. The van der Waals surface area contributed by atoms with E-state index in [9.17, 15) is 0 Å². The molecule has 6 atom stereocenters. The molecule has 1 N–H and O–H groups in total. The molecule has 0 aromatic heterocycles. The molecule has 1 heteroatoms. The normalized spacial score (nSPS) is 67.2. The highest BCUT2D eigenvalue weighted by molar-refractivity contribution is 5.38. The van der Waals surface area contributed by atoms with Gasteiger partial charge in [0.1, 0.15) is 0 Å². The third-order valence-electron chi connectivity index (χ3n) is 4.67. The molecule has 0 radical (unpaired) electrons. The fraction of sp³-hybridized carbons (Fsp3) is 0.800. The van der Waals surface area contributed by atoms with Gasteiger partial charge in [-0.25, -0.2) is 0 Å². The van der Waals surface area contributed by atoms with Crippen molar-refractivity contribution >= 4 is 0 Å². The second-order valence-corrected chi connectivity index (χ2v) is 4.72. The molecule has 5 rings (SSSR count). The van der Waals surface area contributed by atoms with Crippen molar-refractivity contribution in [3.8, 4) is 0 Å². The van der Waals surface area contributed by atoms with Crippen molar-refractivity contribution in [2.24, 2.45) is 35.5 Å². The molecule has 4 fully saturated rings. The lowest BCUT2D eigenvalue weighted by atomic mass is 9.95. The van der Waals surface area contributed by atoms with Gasteiger partial charge in [0.15, 0.2) is 0 Å². The summed E-state index contributed by atoms with van der Waals surface area (Å²) in [4.78, 5) is 0. The van der Waals surface area contributed by atoms with Crippen LogP contribution < -0.4 is 0 Å². The molecule has 4 saturated carbocycles. The van der Waals surface area contributed by atoms with Crippen LogP contribution in [0.1, 0.15) is 6.42 Å². The van der Waals surface area contributed by atoms with E-state index in [-0.39, 0.29) is 0 Å². The van der Waals surface area contributed by atoms with Crippen LogP contribution in [0, 0.1) is 35.5 Å². The Bertz CT molecular complexity index is 268. The summed E-state index contributed by atoms with van der Waals surface area (Å²) in [5.41, 5.74) is 1.39. The Hall–Kier alpha value is -0.300. The van der Waals surface area contributed by atoms with Crippen molar-refractivity contribution < 1.29 is 5.11 Å². The van der Waals surface area contributed by atoms with Crippen LogP contribution in [-0.2, 0) is 0 Å². The predicted octanol–water partition coefficient (Wildman–Crippen LogP) is 1.05. The Kier molecular flexibility index (Phi) is 0.637. The molecule has 58 valence electrons. The van der Waals surface area contributed by atoms with Crippen molar-refractivity contribution in [3.05, 3.63) is 11.6 Å². The first kappa shape index (κ1) is 5.36. The Labute approximate surface area is 66.1 Å². The number of aliphatic hydroxyl groups is 1. The SMILES string of the molecule is OCC1=C[C@H]2[C@@H]3C[C@@H]4[C@H]2[C@@H]4[C@H]13. The van der Waals surface area contributed by atoms with Crippen molar-refractivity contribution in [3.63, 3.8) is 0 Å². The molecule has 11 heavy (non-hydrogen) atoms. The van der Waals surface area contributed by atoms with Gasteiger partial charge in [0.25, 0.3) is 0 Å². The predicted molar refractivity (Wildman–Crippen MR) is 40.7 cm³/mol. The van der Waals surface area contributed by atoms with Gasteiger partial charge in [-0.05, 0) is 47.5 Å². The van der Waals surface area contributed by atoms with Crippen molar-refractivity contribution in [1.82, 2.24) is 0 Å². The van der Waals surface area contributed by atoms with Gasteiger partial charge >= 0.3 is 0 Å². The summed E-state index contributed by atoms with van der Waals surface area (Å²) in [6.45, 7) is 0.341. The van der Waals surface area contributed by atoms with E-state index in [1.165, 1.54) is 12.0 Å². The summed E-state index contributed by atoms with van der Waals surface area (Å²) < 4.78 is 0. The smallest absolute Gasteiger partial charge is 0.0644 e. The molecule has 0 aliphatic heterocycles. The number of hydrogen-bond donors (Lipinski definition) is 1. The van der Waals surface area contributed by atoms with Gasteiger partial charge in [-0.2, -0.15) is 0 Å². The molecule has 0 aromatic carbocycles. The second-order valence-electron chi connectivity index (χ2n) is 4.72. The van der Waals surface area contributed by atoms with Crippen LogP contribution in [-0.4, -0.2) is 11.7 Å². The van der Waals surface area contributed by atoms with Crippen LogP contribution in [0.5, 0.6) is 0 Å². The Morgan fingerprint density at radius 3 is 2.82 bits per heavy atom. The van der Waals surface area contributed by atoms with Crippen molar-refractivity contribution in [2.45, 2.75) is 6.42 Å². The fourth-order valence-corrected chi connectivity index (χ4v) is 4.49. The van der Waals surface area contributed by atoms with E-state index in [1.54, 1.807) is 0 Å². The molecule has 0 spiro atoms. The minimum atomic E-state index is 0.341. The molecular weight excluding hydrogens is 136 g/mol. The summed E-state index contributed by atoms with van der Waals surface area (Å²) in [5, 5.41) is 9.09. The van der Waals surface area contributed by atoms with Gasteiger partial charge in [0, 0.05) is 0 Å². The number of hydrogen-bond acceptors (Lipinski definition) is 1. The van der Waals surface area contributed by atoms with E-state index >= 15 is 0 Å². The average Bonchev–Trinajstić information content (AvgIpc) is 2.41. The molecule has 0 unspecified atom stereocenters. The molecule has 0 heterocycles. The van der Waals surface area contributed by atoms with E-state index in [1.807, 2.05) is 0 Å². The zero-order chi connectivity index (χ0) is 7.16. The van der Waals surface area contributed by atoms with Gasteiger partial charge in [0.05, 0.1) is 6.61 Å². The molecule has 1 nitrogen and oxygen atoms in total. The zero-order valence-electron chi connectivity index (χ0n) is 6.40. The first-order valence-corrected chi connectivity index (χ1v) is 4.73. The van der Waals surface area contributed by atoms with Gasteiger partial charge in [-0.1, -0.05) is 6.08 Å². The molecule has 0 aromatic rings. The van der Waals surface area contributed by atoms with E-state index in [0.717, 1.165) is 35.5 Å². The van der Waals surface area contributed by atoms with Gasteiger partial charge in [0.2, 0.25) is 0 Å². The quantitative estimate of drug-likeness (QED) is 0.551. The number of aliphatic hydroxyl groups excluding tert-OH is 1. The van der Waals surface area contributed by atoms with Crippen molar-refractivity contribution in [1.29, 1.82) is 0 Å². The highest BCUT2D eigenvalue weighted by Crippen LogP contribution is 2.80. The molecular formula is C10H12O. The zero-order valence-corrected chi connectivity index (χ0v) is 6.40. The lowest BCUT2D eigenvalue weighted by Crippen LogP contribution is -2.07. The fourth-order valence-electron chi connectivity index (χ4n) is 4.49. The second kappa shape index (κ2) is 1.31. The average molecular weight is 148 g/mol. The van der Waals surface area contributed by atoms with Crippen LogP contribution in [0.25, 0.3) is 0 Å². The van der Waals surface area contributed by atoms with E-state index in [0.29, 0.717) is 6.61 Å². The highest BCUT2D eigenvalue weighted by atomic mass is 16.3. The topological polar surface area (TPSA) is 20.2 Å². The van der Waals surface area contributed by atoms with E-state index in [2.05, 4.69) is 6.08 Å². The first-order valence-electron chi connectivity index (χ1n) is 4.73. The van der Waals surface area contributed by atoms with Crippen LogP contribution >= 0.6 is 0 Å². The lowest BCUT2D eigenvalue weighted by Gasteiger charge is -2.11. The minimum absolute atomic E-state index is 0.341. The lowest BCUT2D eigenvalue weighted by molar-refractivity contribution is 0.306. The van der Waals surface area contributed by atoms with E-state index < -0.39 is 0 Å². The molecule has 5 aliphatic rings. The van der Waals surface area contributed by atoms with Crippen molar-refractivity contribution in [2.75, 3.05) is 6.61 Å². The van der Waals surface area contributed by atoms with Crippen LogP contribution in [0.3, 0.4) is 0 Å². The molecule has 0 saturated heterocycles. The van der Waals surface area contributed by atoms with Crippen LogP contribution in [0.2, 0.25) is 0 Å². The Morgan fingerprint density at radius 2 is 2.27 bits per heavy atom. The summed E-state index contributed by atoms with van der Waals surface area (Å²) >= 11 is 0. The maximum absolute atomic E-state index is 9.09. The summed E-state index contributed by atoms with van der Waals surface area (Å²) in [6.07, 6.45) is 3.88. The molecule has 0 amide bonds. The van der Waals surface area contributed by atoms with Crippen LogP contribution in [0.15, 0.2) is 11.6 Å². The largest absolute Gasteiger partial charge is 0.392 e.